The van der Waals surface area contributed by atoms with Gasteiger partial charge >= 0.3 is 10.2 Å². The molecule has 19 nitrogen and oxygen atoms in total. The van der Waals surface area contributed by atoms with Crippen LogP contribution in [0.15, 0.2) is 78.0 Å². The lowest BCUT2D eigenvalue weighted by atomic mass is 10.0. The third-order valence-corrected chi connectivity index (χ3v) is 13.3. The van der Waals surface area contributed by atoms with Crippen LogP contribution in [0.4, 0.5) is 20.3 Å². The number of carbonyl (C=O) groups excluding carboxylic acids is 4. The second-order valence-corrected chi connectivity index (χ2v) is 17.7. The van der Waals surface area contributed by atoms with Crippen LogP contribution in [0.3, 0.4) is 0 Å². The molecule has 2 aromatic heterocycles. The first-order valence-corrected chi connectivity index (χ1v) is 22.5. The van der Waals surface area contributed by atoms with Gasteiger partial charge in [-0.3, -0.25) is 48.4 Å². The summed E-state index contributed by atoms with van der Waals surface area (Å²) in [4.78, 5) is 78.7. The van der Waals surface area contributed by atoms with Crippen LogP contribution in [0, 0.1) is 17.1 Å². The Kier molecular flexibility index (Phi) is 11.9. The number of alkyl halides is 1. The Morgan fingerprint density at radius 2 is 1.76 bits per heavy atom. The van der Waals surface area contributed by atoms with E-state index in [4.69, 9.17) is 9.47 Å². The summed E-state index contributed by atoms with van der Waals surface area (Å²) >= 11 is 0. The second-order valence-electron chi connectivity index (χ2n) is 16.0. The summed E-state index contributed by atoms with van der Waals surface area (Å²) in [6.07, 6.45) is 2.34. The number of hydrogen-bond donors (Lipinski definition) is 2. The first kappa shape index (κ1) is 43.9. The molecule has 3 fully saturated rings. The number of carbonyl (C=O) groups is 4. The van der Waals surface area contributed by atoms with Gasteiger partial charge in [0, 0.05) is 52.2 Å². The highest BCUT2D eigenvalue weighted by Crippen LogP contribution is 2.36. The van der Waals surface area contributed by atoms with Crippen molar-refractivity contribution in [3.05, 3.63) is 106 Å². The van der Waals surface area contributed by atoms with Crippen molar-refractivity contribution in [2.24, 2.45) is 0 Å². The van der Waals surface area contributed by atoms with E-state index in [1.54, 1.807) is 36.5 Å². The van der Waals surface area contributed by atoms with E-state index in [1.165, 1.54) is 35.2 Å². The van der Waals surface area contributed by atoms with Crippen molar-refractivity contribution in [2.75, 3.05) is 62.0 Å². The standard InChI is InChI=1S/C44H40F2N10O9S/c45-26-13-15-54(24-26)66(62,63)51-34-9-7-32(46)40(31(34)22-47)65-28-6-8-33-30(21-28)42(59)55(25-49-33)27-5-11-37(48-23-27)53-18-16-52(17-19-53)14-2-20-64-36-4-1-3-29-39(36)44(61)56(43(29)60)35-10-12-38(57)50-41(35)58/h1,3-9,11,21,23,25-26,35,51H,2,10,12-20,24H2,(H,50,57,58)/t26-,35?/m1/s1. The van der Waals surface area contributed by atoms with Crippen molar-refractivity contribution in [1.29, 1.82) is 5.26 Å². The first-order valence-electron chi connectivity index (χ1n) is 21.0. The minimum Gasteiger partial charge on any atom is -0.493 e. The minimum absolute atomic E-state index is 0.0249. The summed E-state index contributed by atoms with van der Waals surface area (Å²) < 4.78 is 70.9. The molecule has 4 amide bonds. The quantitative estimate of drug-likeness (QED) is 0.128. The van der Waals surface area contributed by atoms with E-state index >= 15 is 4.39 Å². The van der Waals surface area contributed by atoms with Crippen LogP contribution in [-0.4, -0.2) is 125 Å². The third kappa shape index (κ3) is 8.50. The Morgan fingerprint density at radius 1 is 0.939 bits per heavy atom. The van der Waals surface area contributed by atoms with Gasteiger partial charge in [0.1, 0.15) is 47.5 Å². The lowest BCUT2D eigenvalue weighted by Crippen LogP contribution is -2.54. The molecule has 2 N–H and O–H groups in total. The number of fused-ring (bicyclic) bond motifs is 2. The number of piperazine rings is 1. The predicted molar refractivity (Wildman–Crippen MR) is 232 cm³/mol. The van der Waals surface area contributed by atoms with Gasteiger partial charge in [0.15, 0.2) is 11.6 Å². The van der Waals surface area contributed by atoms with Gasteiger partial charge in [0.25, 0.3) is 17.4 Å². The van der Waals surface area contributed by atoms with E-state index in [1.807, 2.05) is 0 Å². The van der Waals surface area contributed by atoms with Crippen LogP contribution >= 0.6 is 0 Å². The highest BCUT2D eigenvalue weighted by atomic mass is 32.2. The van der Waals surface area contributed by atoms with Crippen molar-refractivity contribution < 1.29 is 45.9 Å². The number of benzene rings is 3. The molecule has 2 atom stereocenters. The number of nitrogens with zero attached hydrogens (tertiary/aromatic N) is 8. The molecular weight excluding hydrogens is 883 g/mol. The number of rotatable bonds is 13. The molecule has 0 bridgehead atoms. The molecule has 340 valence electrons. The van der Waals surface area contributed by atoms with Crippen molar-refractivity contribution in [2.45, 2.75) is 37.9 Å². The predicted octanol–water partition coefficient (Wildman–Crippen LogP) is 3.28. The number of halogens is 2. The Hall–Kier alpha value is -7.35. The van der Waals surface area contributed by atoms with Crippen LogP contribution in [0.2, 0.25) is 0 Å². The van der Waals surface area contributed by atoms with Gasteiger partial charge in [-0.2, -0.15) is 18.0 Å². The summed E-state index contributed by atoms with van der Waals surface area (Å²) in [6, 6.07) is 15.3. The maximum atomic E-state index is 15.1. The largest absolute Gasteiger partial charge is 0.493 e. The van der Waals surface area contributed by atoms with Gasteiger partial charge < -0.3 is 14.4 Å². The Labute approximate surface area is 375 Å². The van der Waals surface area contributed by atoms with Crippen molar-refractivity contribution in [3.8, 4) is 29.0 Å². The highest BCUT2D eigenvalue weighted by molar-refractivity contribution is 7.90. The zero-order chi connectivity index (χ0) is 46.3. The van der Waals surface area contributed by atoms with E-state index in [9.17, 15) is 42.0 Å². The highest BCUT2D eigenvalue weighted by Gasteiger charge is 2.46. The van der Waals surface area contributed by atoms with Crippen LogP contribution < -0.4 is 30.0 Å². The average molecular weight is 923 g/mol. The molecule has 9 rings (SSSR count). The molecule has 0 radical (unpaired) electrons. The van der Waals surface area contributed by atoms with Crippen LogP contribution in [0.5, 0.6) is 17.2 Å². The Bertz CT molecular complexity index is 3010. The van der Waals surface area contributed by atoms with Gasteiger partial charge in [-0.15, -0.1) is 0 Å². The molecular formula is C44H40F2N10O9S. The number of ether oxygens (including phenoxy) is 2. The lowest BCUT2D eigenvalue weighted by Gasteiger charge is -2.35. The maximum absolute atomic E-state index is 15.1. The lowest BCUT2D eigenvalue weighted by molar-refractivity contribution is -0.136. The number of amides is 4. The van der Waals surface area contributed by atoms with Crippen LogP contribution in [0.1, 0.15) is 52.0 Å². The summed E-state index contributed by atoms with van der Waals surface area (Å²) in [5.41, 5.74) is -0.200. The molecule has 3 aromatic carbocycles. The third-order valence-electron chi connectivity index (χ3n) is 11.9. The van der Waals surface area contributed by atoms with Crippen LogP contribution in [-0.2, 0) is 19.8 Å². The number of imide groups is 2. The molecule has 66 heavy (non-hydrogen) atoms. The molecule has 5 aromatic rings. The van der Waals surface area contributed by atoms with E-state index in [2.05, 4.69) is 29.8 Å². The Balaban J connectivity index is 0.800. The SMILES string of the molecule is N#Cc1c(NS(=O)(=O)N2CC[C@@H](F)C2)ccc(F)c1Oc1ccc2ncn(-c3ccc(N4CCN(CCCOc5cccc6c5C(=O)N(C5CCC(=O)NC5=O)C6=O)CC4)nc3)c(=O)c2c1. The normalized spacial score (nSPS) is 19.2. The maximum Gasteiger partial charge on any atom is 0.301 e. The second kappa shape index (κ2) is 17.9. The summed E-state index contributed by atoms with van der Waals surface area (Å²) in [7, 11) is -4.26. The van der Waals surface area contributed by atoms with Gasteiger partial charge in [-0.1, -0.05) is 6.07 Å². The van der Waals surface area contributed by atoms with Gasteiger partial charge in [0.05, 0.1) is 46.2 Å². The topological polar surface area (TPSA) is 229 Å². The van der Waals surface area contributed by atoms with Crippen molar-refractivity contribution >= 4 is 56.2 Å². The monoisotopic (exact) mass is 922 g/mol. The molecule has 0 aliphatic carbocycles. The van der Waals surface area contributed by atoms with Gasteiger partial charge in [-0.05, 0) is 73.9 Å². The number of nitriles is 1. The Morgan fingerprint density at radius 3 is 2.48 bits per heavy atom. The molecule has 0 saturated carbocycles. The number of hydrogen-bond acceptors (Lipinski definition) is 14. The number of piperidine rings is 1. The fourth-order valence-corrected chi connectivity index (χ4v) is 9.69. The van der Waals surface area contributed by atoms with Crippen LogP contribution in [0.25, 0.3) is 16.6 Å². The number of nitrogens with one attached hydrogen (secondary N) is 2. The van der Waals surface area contributed by atoms with Crippen molar-refractivity contribution in [1.82, 2.24) is 34.0 Å². The zero-order valence-electron chi connectivity index (χ0n) is 35.0. The number of anilines is 2. The van der Waals surface area contributed by atoms with E-state index in [0.717, 1.165) is 34.4 Å². The van der Waals surface area contributed by atoms with E-state index in [0.29, 0.717) is 43.1 Å². The molecule has 4 aliphatic rings. The minimum atomic E-state index is -4.26. The fraction of sp³-hybridized carbons (Fsp3) is 0.318. The molecule has 6 heterocycles. The molecule has 0 spiro atoms. The average Bonchev–Trinajstić information content (AvgIpc) is 3.87. The fourth-order valence-electron chi connectivity index (χ4n) is 8.41. The molecule has 4 aliphatic heterocycles. The zero-order valence-corrected chi connectivity index (χ0v) is 35.8. The number of pyridine rings is 1. The first-order chi connectivity index (χ1) is 31.8. The summed E-state index contributed by atoms with van der Waals surface area (Å²) in [5.74, 6) is -2.95. The van der Waals surface area contributed by atoms with E-state index in [-0.39, 0.29) is 72.7 Å². The summed E-state index contributed by atoms with van der Waals surface area (Å²) in [5, 5.41) is 12.2. The van der Waals surface area contributed by atoms with Crippen molar-refractivity contribution in [3.63, 3.8) is 0 Å². The molecule has 1 unspecified atom stereocenters. The number of aromatic nitrogens is 3. The summed E-state index contributed by atoms with van der Waals surface area (Å²) in [6.45, 7) is 3.39. The smallest absolute Gasteiger partial charge is 0.301 e. The van der Waals surface area contributed by atoms with Gasteiger partial charge in [0.2, 0.25) is 11.8 Å². The molecule has 22 heteroatoms. The van der Waals surface area contributed by atoms with Gasteiger partial charge in [-0.25, -0.2) is 18.7 Å². The molecule has 3 saturated heterocycles. The van der Waals surface area contributed by atoms with E-state index < -0.39 is 68.7 Å².